The SMILES string of the molecule is CC1=C(C(=O)OC2CCCC2)C(c2ccc(Cl)cc2)NC(=O)N1C. The van der Waals surface area contributed by atoms with Crippen LogP contribution in [0, 0.1) is 0 Å². The van der Waals surface area contributed by atoms with E-state index in [0.29, 0.717) is 16.3 Å². The average molecular weight is 349 g/mol. The van der Waals surface area contributed by atoms with Crippen molar-refractivity contribution < 1.29 is 14.3 Å². The lowest BCUT2D eigenvalue weighted by Gasteiger charge is -2.33. The number of amides is 2. The summed E-state index contributed by atoms with van der Waals surface area (Å²) in [5.74, 6) is -0.355. The first-order chi connectivity index (χ1) is 11.5. The number of carbonyl (C=O) groups excluding carboxylic acids is 2. The molecular weight excluding hydrogens is 328 g/mol. The van der Waals surface area contributed by atoms with Gasteiger partial charge in [-0.25, -0.2) is 9.59 Å². The van der Waals surface area contributed by atoms with E-state index in [4.69, 9.17) is 16.3 Å². The number of halogens is 1. The molecule has 1 atom stereocenters. The van der Waals surface area contributed by atoms with Crippen molar-refractivity contribution in [2.24, 2.45) is 0 Å². The molecule has 1 saturated carbocycles. The van der Waals surface area contributed by atoms with Crippen LogP contribution in [0.4, 0.5) is 4.79 Å². The third kappa shape index (κ3) is 3.26. The molecule has 1 aromatic carbocycles. The van der Waals surface area contributed by atoms with E-state index in [-0.39, 0.29) is 18.1 Å². The zero-order valence-corrected chi connectivity index (χ0v) is 14.6. The van der Waals surface area contributed by atoms with Crippen molar-refractivity contribution in [2.45, 2.75) is 44.8 Å². The molecule has 3 rings (SSSR count). The number of allylic oxidation sites excluding steroid dienone is 1. The standard InChI is InChI=1S/C18H21ClN2O3/c1-11-15(17(22)24-14-5-3-4-6-14)16(20-18(23)21(11)2)12-7-9-13(19)10-8-12/h7-10,14,16H,3-6H2,1-2H3,(H,20,23). The number of nitrogens with one attached hydrogen (secondary N) is 1. The minimum absolute atomic E-state index is 0.0217. The summed E-state index contributed by atoms with van der Waals surface area (Å²) < 4.78 is 5.68. The summed E-state index contributed by atoms with van der Waals surface area (Å²) in [6.07, 6.45) is 3.98. The van der Waals surface area contributed by atoms with Crippen molar-refractivity contribution in [3.8, 4) is 0 Å². The predicted molar refractivity (Wildman–Crippen MR) is 91.5 cm³/mol. The van der Waals surface area contributed by atoms with Crippen LogP contribution in [0.2, 0.25) is 5.02 Å². The van der Waals surface area contributed by atoms with Crippen molar-refractivity contribution in [1.82, 2.24) is 10.2 Å². The Morgan fingerprint density at radius 3 is 2.50 bits per heavy atom. The van der Waals surface area contributed by atoms with Gasteiger partial charge in [0.1, 0.15) is 6.10 Å². The van der Waals surface area contributed by atoms with Crippen molar-refractivity contribution in [1.29, 1.82) is 0 Å². The highest BCUT2D eigenvalue weighted by Crippen LogP contribution is 2.32. The Morgan fingerprint density at radius 1 is 1.25 bits per heavy atom. The molecule has 2 amide bonds. The molecule has 6 heteroatoms. The molecule has 2 aliphatic rings. The van der Waals surface area contributed by atoms with Gasteiger partial charge in [0.2, 0.25) is 0 Å². The normalized spacial score (nSPS) is 21.9. The van der Waals surface area contributed by atoms with Gasteiger partial charge >= 0.3 is 12.0 Å². The van der Waals surface area contributed by atoms with E-state index in [1.54, 1.807) is 26.1 Å². The summed E-state index contributed by atoms with van der Waals surface area (Å²) in [6, 6.07) is 6.35. The van der Waals surface area contributed by atoms with Crippen LogP contribution in [0.15, 0.2) is 35.5 Å². The molecule has 1 N–H and O–H groups in total. The third-order valence-corrected chi connectivity index (χ3v) is 5.01. The van der Waals surface area contributed by atoms with Gasteiger partial charge in [-0.05, 0) is 50.3 Å². The average Bonchev–Trinajstić information content (AvgIpc) is 3.05. The highest BCUT2D eigenvalue weighted by molar-refractivity contribution is 6.30. The number of benzene rings is 1. The van der Waals surface area contributed by atoms with Gasteiger partial charge in [0.05, 0.1) is 11.6 Å². The Kier molecular flexibility index (Phi) is 4.81. The third-order valence-electron chi connectivity index (χ3n) is 4.75. The van der Waals surface area contributed by atoms with Gasteiger partial charge in [-0.15, -0.1) is 0 Å². The van der Waals surface area contributed by atoms with Crippen molar-refractivity contribution >= 4 is 23.6 Å². The summed E-state index contributed by atoms with van der Waals surface area (Å²) >= 11 is 5.94. The predicted octanol–water partition coefficient (Wildman–Crippen LogP) is 3.80. The van der Waals surface area contributed by atoms with Crippen LogP contribution >= 0.6 is 11.6 Å². The molecule has 1 aliphatic carbocycles. The van der Waals surface area contributed by atoms with E-state index >= 15 is 0 Å². The van der Waals surface area contributed by atoms with Gasteiger partial charge in [-0.3, -0.25) is 0 Å². The summed E-state index contributed by atoms with van der Waals surface area (Å²) in [4.78, 5) is 26.4. The molecule has 1 unspecified atom stereocenters. The number of hydrogen-bond acceptors (Lipinski definition) is 3. The maximum Gasteiger partial charge on any atom is 0.338 e. The molecule has 0 saturated heterocycles. The minimum Gasteiger partial charge on any atom is -0.459 e. The lowest BCUT2D eigenvalue weighted by molar-refractivity contribution is -0.144. The molecule has 1 aliphatic heterocycles. The maximum absolute atomic E-state index is 12.8. The molecule has 0 spiro atoms. The fourth-order valence-corrected chi connectivity index (χ4v) is 3.35. The Balaban J connectivity index is 1.93. The molecular formula is C18H21ClN2O3. The summed E-state index contributed by atoms with van der Waals surface area (Å²) in [5, 5.41) is 3.48. The largest absolute Gasteiger partial charge is 0.459 e. The van der Waals surface area contributed by atoms with E-state index in [9.17, 15) is 9.59 Å². The molecule has 0 aromatic heterocycles. The second kappa shape index (κ2) is 6.85. The van der Waals surface area contributed by atoms with Gasteiger partial charge in [0, 0.05) is 17.8 Å². The zero-order valence-electron chi connectivity index (χ0n) is 13.8. The van der Waals surface area contributed by atoms with E-state index in [1.165, 1.54) is 4.90 Å². The van der Waals surface area contributed by atoms with Crippen LogP contribution in [-0.2, 0) is 9.53 Å². The smallest absolute Gasteiger partial charge is 0.338 e. The number of carbonyl (C=O) groups is 2. The van der Waals surface area contributed by atoms with Crippen molar-refractivity contribution in [3.63, 3.8) is 0 Å². The minimum atomic E-state index is -0.528. The zero-order chi connectivity index (χ0) is 17.3. The highest BCUT2D eigenvalue weighted by atomic mass is 35.5. The fourth-order valence-electron chi connectivity index (χ4n) is 3.23. The molecule has 24 heavy (non-hydrogen) atoms. The van der Waals surface area contributed by atoms with Gasteiger partial charge in [0.25, 0.3) is 0 Å². The van der Waals surface area contributed by atoms with Crippen LogP contribution in [0.25, 0.3) is 0 Å². The number of esters is 1. The first-order valence-corrected chi connectivity index (χ1v) is 8.56. The second-order valence-electron chi connectivity index (χ2n) is 6.30. The number of rotatable bonds is 3. The van der Waals surface area contributed by atoms with Crippen molar-refractivity contribution in [2.75, 3.05) is 7.05 Å². The Bertz CT molecular complexity index is 678. The van der Waals surface area contributed by atoms with Gasteiger partial charge in [-0.1, -0.05) is 23.7 Å². The van der Waals surface area contributed by atoms with E-state index in [1.807, 2.05) is 12.1 Å². The van der Waals surface area contributed by atoms with Crippen LogP contribution in [-0.4, -0.2) is 30.1 Å². The lowest BCUT2D eigenvalue weighted by atomic mass is 9.95. The first-order valence-electron chi connectivity index (χ1n) is 8.19. The lowest BCUT2D eigenvalue weighted by Crippen LogP contribution is -2.46. The Hall–Kier alpha value is -2.01. The summed E-state index contributed by atoms with van der Waals surface area (Å²) in [6.45, 7) is 1.77. The number of hydrogen-bond donors (Lipinski definition) is 1. The number of urea groups is 1. The molecule has 0 radical (unpaired) electrons. The van der Waals surface area contributed by atoms with E-state index < -0.39 is 6.04 Å². The van der Waals surface area contributed by atoms with Crippen LogP contribution in [0.1, 0.15) is 44.2 Å². The highest BCUT2D eigenvalue weighted by Gasteiger charge is 2.36. The second-order valence-corrected chi connectivity index (χ2v) is 6.74. The Morgan fingerprint density at radius 2 is 1.88 bits per heavy atom. The molecule has 5 nitrogen and oxygen atoms in total. The van der Waals surface area contributed by atoms with Crippen molar-refractivity contribution in [3.05, 3.63) is 46.1 Å². The quantitative estimate of drug-likeness (QED) is 0.845. The van der Waals surface area contributed by atoms with Gasteiger partial charge < -0.3 is 15.0 Å². The number of ether oxygens (including phenoxy) is 1. The molecule has 1 heterocycles. The molecule has 0 bridgehead atoms. The van der Waals surface area contributed by atoms with Crippen LogP contribution in [0.5, 0.6) is 0 Å². The van der Waals surface area contributed by atoms with Gasteiger partial charge in [0.15, 0.2) is 0 Å². The van der Waals surface area contributed by atoms with Crippen LogP contribution < -0.4 is 5.32 Å². The molecule has 128 valence electrons. The van der Waals surface area contributed by atoms with E-state index in [0.717, 1.165) is 31.2 Å². The number of nitrogens with zero attached hydrogens (tertiary/aromatic N) is 1. The maximum atomic E-state index is 12.8. The van der Waals surface area contributed by atoms with Gasteiger partial charge in [-0.2, -0.15) is 0 Å². The molecule has 1 fully saturated rings. The summed E-state index contributed by atoms with van der Waals surface area (Å²) in [7, 11) is 1.64. The first kappa shape index (κ1) is 16.8. The Labute approximate surface area is 146 Å². The van der Waals surface area contributed by atoms with E-state index in [2.05, 4.69) is 5.32 Å². The molecule has 1 aromatic rings. The van der Waals surface area contributed by atoms with Crippen LogP contribution in [0.3, 0.4) is 0 Å². The monoisotopic (exact) mass is 348 g/mol. The fraction of sp³-hybridized carbons (Fsp3) is 0.444. The summed E-state index contributed by atoms with van der Waals surface area (Å²) in [5.41, 5.74) is 1.89. The topological polar surface area (TPSA) is 58.6 Å².